The van der Waals surface area contributed by atoms with Crippen LogP contribution in [0.15, 0.2) is 24.3 Å². The highest BCUT2D eigenvalue weighted by atomic mass is 16.5. The fourth-order valence-electron chi connectivity index (χ4n) is 2.87. The molecule has 2 bridgehead atoms. The predicted molar refractivity (Wildman–Crippen MR) is 78.8 cm³/mol. The molecule has 2 unspecified atom stereocenters. The largest absolute Gasteiger partial charge is 0.355 e. The first kappa shape index (κ1) is 14.2. The topological polar surface area (TPSA) is 58.6 Å². The normalized spacial score (nSPS) is 24.7. The Kier molecular flexibility index (Phi) is 4.03. The first-order valence-electron chi connectivity index (χ1n) is 7.53. The van der Waals surface area contributed by atoms with Crippen molar-refractivity contribution in [1.29, 1.82) is 0 Å². The first-order chi connectivity index (χ1) is 10.2. The maximum absolute atomic E-state index is 12.3. The molecule has 2 saturated heterocycles. The predicted octanol–water partition coefficient (Wildman–Crippen LogP) is 1.61. The zero-order valence-electron chi connectivity index (χ0n) is 12.2. The number of carbonyl (C=O) groups is 2. The Labute approximate surface area is 124 Å². The first-order valence-corrected chi connectivity index (χ1v) is 7.53. The molecule has 0 radical (unpaired) electrons. The van der Waals surface area contributed by atoms with Crippen LogP contribution in [-0.4, -0.2) is 30.6 Å². The molecule has 0 saturated carbocycles. The van der Waals surface area contributed by atoms with E-state index in [1.54, 1.807) is 0 Å². The zero-order chi connectivity index (χ0) is 14.8. The van der Waals surface area contributed by atoms with Gasteiger partial charge in [-0.05, 0) is 43.5 Å². The summed E-state index contributed by atoms with van der Waals surface area (Å²) in [5.41, 5.74) is 1.72. The molecule has 2 atom stereocenters. The van der Waals surface area contributed by atoms with Gasteiger partial charge >= 0.3 is 0 Å². The molecule has 2 aliphatic heterocycles. The van der Waals surface area contributed by atoms with E-state index in [2.05, 4.69) is 12.2 Å². The number of fused-ring (bicyclic) bond motifs is 2. The van der Waals surface area contributed by atoms with Gasteiger partial charge in [-0.15, -0.1) is 0 Å². The minimum absolute atomic E-state index is 0.229. The van der Waals surface area contributed by atoms with E-state index in [-0.39, 0.29) is 11.8 Å². The highest BCUT2D eigenvalue weighted by Crippen LogP contribution is 2.31. The quantitative estimate of drug-likeness (QED) is 0.660. The van der Waals surface area contributed by atoms with Crippen LogP contribution in [0.5, 0.6) is 0 Å². The molecule has 1 aromatic carbocycles. The molecule has 5 heteroatoms. The lowest BCUT2D eigenvalue weighted by Gasteiger charge is -2.30. The van der Waals surface area contributed by atoms with Gasteiger partial charge in [0.2, 0.25) is 0 Å². The summed E-state index contributed by atoms with van der Waals surface area (Å²) in [5, 5.41) is 3.32. The maximum atomic E-state index is 12.3. The summed E-state index contributed by atoms with van der Waals surface area (Å²) < 4.78 is 5.43. The minimum Gasteiger partial charge on any atom is -0.355 e. The molecule has 21 heavy (non-hydrogen) atoms. The van der Waals surface area contributed by atoms with Crippen LogP contribution < -0.4 is 10.2 Å². The van der Waals surface area contributed by atoms with Gasteiger partial charge in [-0.25, -0.2) is 4.90 Å². The number of anilines is 1. The molecule has 0 spiro atoms. The van der Waals surface area contributed by atoms with E-state index < -0.39 is 12.2 Å². The molecule has 3 rings (SSSR count). The molecule has 2 heterocycles. The van der Waals surface area contributed by atoms with Crippen molar-refractivity contribution in [3.8, 4) is 0 Å². The van der Waals surface area contributed by atoms with Crippen molar-refractivity contribution in [2.45, 2.75) is 44.9 Å². The SMILES string of the molecule is CCCNCc1cccc(N2C(=O)C3CCC(O3)C2=O)c1. The highest BCUT2D eigenvalue weighted by Gasteiger charge is 2.47. The molecule has 2 aliphatic rings. The van der Waals surface area contributed by atoms with Crippen LogP contribution >= 0.6 is 0 Å². The van der Waals surface area contributed by atoms with E-state index in [0.29, 0.717) is 18.5 Å². The lowest BCUT2D eigenvalue weighted by atomic mass is 10.1. The van der Waals surface area contributed by atoms with Gasteiger partial charge in [-0.1, -0.05) is 19.1 Å². The van der Waals surface area contributed by atoms with E-state index in [4.69, 9.17) is 4.74 Å². The van der Waals surface area contributed by atoms with Crippen molar-refractivity contribution in [2.75, 3.05) is 11.4 Å². The summed E-state index contributed by atoms with van der Waals surface area (Å²) in [7, 11) is 0. The number of hydrogen-bond acceptors (Lipinski definition) is 4. The summed E-state index contributed by atoms with van der Waals surface area (Å²) in [4.78, 5) is 26.0. The van der Waals surface area contributed by atoms with Crippen LogP contribution in [0.2, 0.25) is 0 Å². The molecule has 0 aliphatic carbocycles. The van der Waals surface area contributed by atoms with Crippen molar-refractivity contribution in [2.24, 2.45) is 0 Å². The smallest absolute Gasteiger partial charge is 0.262 e. The molecular formula is C16H20N2O3. The van der Waals surface area contributed by atoms with Gasteiger partial charge < -0.3 is 10.1 Å². The zero-order valence-corrected chi connectivity index (χ0v) is 12.2. The van der Waals surface area contributed by atoms with Gasteiger partial charge in [0.25, 0.3) is 11.8 Å². The summed E-state index contributed by atoms with van der Waals surface area (Å²) in [5.74, 6) is -0.458. The molecule has 0 aromatic heterocycles. The highest BCUT2D eigenvalue weighted by molar-refractivity contribution is 6.19. The van der Waals surface area contributed by atoms with Gasteiger partial charge in [-0.2, -0.15) is 0 Å². The number of amides is 2. The molecule has 2 amide bonds. The van der Waals surface area contributed by atoms with Crippen molar-refractivity contribution in [3.05, 3.63) is 29.8 Å². The number of morpholine rings is 1. The van der Waals surface area contributed by atoms with Crippen molar-refractivity contribution in [1.82, 2.24) is 5.32 Å². The van der Waals surface area contributed by atoms with E-state index in [1.807, 2.05) is 24.3 Å². The number of ether oxygens (including phenoxy) is 1. The lowest BCUT2D eigenvalue weighted by Crippen LogP contribution is -2.52. The van der Waals surface area contributed by atoms with Gasteiger partial charge in [0, 0.05) is 6.54 Å². The maximum Gasteiger partial charge on any atom is 0.262 e. The second-order valence-corrected chi connectivity index (χ2v) is 5.55. The summed E-state index contributed by atoms with van der Waals surface area (Å²) in [6, 6.07) is 7.60. The van der Waals surface area contributed by atoms with Crippen LogP contribution in [0.4, 0.5) is 5.69 Å². The Morgan fingerprint density at radius 1 is 1.24 bits per heavy atom. The molecule has 1 aromatic rings. The van der Waals surface area contributed by atoms with Crippen LogP contribution in [0.3, 0.4) is 0 Å². The number of carbonyl (C=O) groups excluding carboxylic acids is 2. The van der Waals surface area contributed by atoms with E-state index in [1.165, 1.54) is 4.90 Å². The number of hydrogen-bond donors (Lipinski definition) is 1. The Bertz CT molecular complexity index is 536. The van der Waals surface area contributed by atoms with Gasteiger partial charge in [0.15, 0.2) is 0 Å². The molecule has 2 fully saturated rings. The number of benzene rings is 1. The van der Waals surface area contributed by atoms with Gasteiger partial charge in [0.05, 0.1) is 5.69 Å². The van der Waals surface area contributed by atoms with Gasteiger partial charge in [0.1, 0.15) is 12.2 Å². The molecule has 1 N–H and O–H groups in total. The standard InChI is InChI=1S/C16H20N2O3/c1-2-8-17-10-11-4-3-5-12(9-11)18-15(19)13-6-7-14(21-13)16(18)20/h3-5,9,13-14,17H,2,6-8,10H2,1H3. The number of nitrogens with one attached hydrogen (secondary N) is 1. The second-order valence-electron chi connectivity index (χ2n) is 5.55. The third-order valence-corrected chi connectivity index (χ3v) is 3.94. The second kappa shape index (κ2) is 5.95. The summed E-state index contributed by atoms with van der Waals surface area (Å²) in [6.45, 7) is 3.80. The summed E-state index contributed by atoms with van der Waals surface area (Å²) in [6.07, 6.45) is 1.46. The number of imide groups is 1. The Morgan fingerprint density at radius 3 is 2.62 bits per heavy atom. The van der Waals surface area contributed by atoms with E-state index in [9.17, 15) is 9.59 Å². The van der Waals surface area contributed by atoms with Gasteiger partial charge in [-0.3, -0.25) is 9.59 Å². The lowest BCUT2D eigenvalue weighted by molar-refractivity contribution is -0.146. The van der Waals surface area contributed by atoms with Crippen LogP contribution in [0.1, 0.15) is 31.7 Å². The average Bonchev–Trinajstić information content (AvgIpc) is 2.93. The molecule has 112 valence electrons. The number of nitrogens with zero attached hydrogens (tertiary/aromatic N) is 1. The number of rotatable bonds is 5. The van der Waals surface area contributed by atoms with Crippen LogP contribution in [0.25, 0.3) is 0 Å². The Morgan fingerprint density at radius 2 is 1.95 bits per heavy atom. The Hall–Kier alpha value is -1.72. The third-order valence-electron chi connectivity index (χ3n) is 3.94. The van der Waals surface area contributed by atoms with Crippen molar-refractivity contribution >= 4 is 17.5 Å². The van der Waals surface area contributed by atoms with E-state index >= 15 is 0 Å². The molecular weight excluding hydrogens is 268 g/mol. The average molecular weight is 288 g/mol. The van der Waals surface area contributed by atoms with Crippen molar-refractivity contribution < 1.29 is 14.3 Å². The third kappa shape index (κ3) is 2.71. The van der Waals surface area contributed by atoms with Crippen molar-refractivity contribution in [3.63, 3.8) is 0 Å². The fourth-order valence-corrected chi connectivity index (χ4v) is 2.87. The van der Waals surface area contributed by atoms with Crippen LogP contribution in [0, 0.1) is 0 Å². The summed E-state index contributed by atoms with van der Waals surface area (Å²) >= 11 is 0. The fraction of sp³-hybridized carbons (Fsp3) is 0.500. The monoisotopic (exact) mass is 288 g/mol. The van der Waals surface area contributed by atoms with Crippen LogP contribution in [-0.2, 0) is 20.9 Å². The molecule has 5 nitrogen and oxygen atoms in total. The minimum atomic E-state index is -0.449. The van der Waals surface area contributed by atoms with E-state index in [0.717, 1.165) is 25.1 Å². The Balaban J connectivity index is 1.81.